The number of H-pyrrole nitrogens is 1. The van der Waals surface area contributed by atoms with Gasteiger partial charge in [0, 0.05) is 29.1 Å². The zero-order chi connectivity index (χ0) is 14.5. The summed E-state index contributed by atoms with van der Waals surface area (Å²) in [6.07, 6.45) is 2.81. The van der Waals surface area contributed by atoms with Gasteiger partial charge in [0.15, 0.2) is 0 Å². The smallest absolute Gasteiger partial charge is 0.330 e. The van der Waals surface area contributed by atoms with Crippen molar-refractivity contribution in [1.82, 2.24) is 4.98 Å². The molecular weight excluding hydrogens is 264 g/mol. The summed E-state index contributed by atoms with van der Waals surface area (Å²) in [6.45, 7) is 2.02. The fraction of sp³-hybridized carbons (Fsp3) is 0.133. The number of hydrogen-bond donors (Lipinski definition) is 1. The van der Waals surface area contributed by atoms with Gasteiger partial charge in [-0.3, -0.25) is 0 Å². The Bertz CT molecular complexity index is 647. The van der Waals surface area contributed by atoms with Crippen LogP contribution in [0, 0.1) is 11.6 Å². The third-order valence-electron chi connectivity index (χ3n) is 2.62. The lowest BCUT2D eigenvalue weighted by Crippen LogP contribution is -1.98. The Balaban J connectivity index is 2.18. The van der Waals surface area contributed by atoms with E-state index >= 15 is 0 Å². The van der Waals surface area contributed by atoms with Gasteiger partial charge in [0.2, 0.25) is 0 Å². The molecule has 3 nitrogen and oxygen atoms in total. The first-order valence-electron chi connectivity index (χ1n) is 6.09. The molecule has 1 N–H and O–H groups in total. The van der Waals surface area contributed by atoms with Crippen molar-refractivity contribution >= 4 is 12.0 Å². The van der Waals surface area contributed by atoms with Crippen LogP contribution in [-0.2, 0) is 9.53 Å². The van der Waals surface area contributed by atoms with Crippen molar-refractivity contribution in [1.29, 1.82) is 0 Å². The summed E-state index contributed by atoms with van der Waals surface area (Å²) in [7, 11) is 0. The number of esters is 1. The standard InChI is InChI=1S/C15H13F2NO2/c1-2-20-15(19)8-5-11-4-7-14(18-11)12-6-3-10(16)9-13(12)17/h3-9,18H,2H2,1H3/b8-5+. The third kappa shape index (κ3) is 3.32. The molecule has 0 radical (unpaired) electrons. The average Bonchev–Trinajstić information content (AvgIpc) is 2.85. The van der Waals surface area contributed by atoms with E-state index in [1.807, 2.05) is 0 Å². The van der Waals surface area contributed by atoms with E-state index in [4.69, 9.17) is 4.74 Å². The highest BCUT2D eigenvalue weighted by Gasteiger charge is 2.07. The molecule has 0 bridgehead atoms. The molecule has 1 heterocycles. The Morgan fingerprint density at radius 3 is 2.80 bits per heavy atom. The molecular formula is C15H13F2NO2. The highest BCUT2D eigenvalue weighted by atomic mass is 19.1. The second-order valence-corrected chi connectivity index (χ2v) is 4.04. The maximum absolute atomic E-state index is 13.6. The summed E-state index contributed by atoms with van der Waals surface area (Å²) in [6, 6.07) is 6.71. The van der Waals surface area contributed by atoms with E-state index in [1.54, 1.807) is 19.1 Å². The average molecular weight is 277 g/mol. The summed E-state index contributed by atoms with van der Waals surface area (Å²) in [5.74, 6) is -1.72. The van der Waals surface area contributed by atoms with Crippen LogP contribution in [0.15, 0.2) is 36.4 Å². The first-order chi connectivity index (χ1) is 9.60. The van der Waals surface area contributed by atoms with Gasteiger partial charge >= 0.3 is 5.97 Å². The van der Waals surface area contributed by atoms with Gasteiger partial charge in [0.1, 0.15) is 11.6 Å². The van der Waals surface area contributed by atoms with Gasteiger partial charge in [-0.05, 0) is 37.3 Å². The maximum atomic E-state index is 13.6. The number of aromatic amines is 1. The summed E-state index contributed by atoms with van der Waals surface area (Å²) in [5, 5.41) is 0. The van der Waals surface area contributed by atoms with Crippen LogP contribution in [0.4, 0.5) is 8.78 Å². The van der Waals surface area contributed by atoms with Crippen LogP contribution >= 0.6 is 0 Å². The first-order valence-corrected chi connectivity index (χ1v) is 6.09. The van der Waals surface area contributed by atoms with Gasteiger partial charge in [-0.25, -0.2) is 13.6 Å². The molecule has 0 saturated heterocycles. The van der Waals surface area contributed by atoms with Crippen LogP contribution in [0.2, 0.25) is 0 Å². The van der Waals surface area contributed by atoms with Gasteiger partial charge in [-0.15, -0.1) is 0 Å². The normalized spacial score (nSPS) is 10.9. The fourth-order valence-corrected chi connectivity index (χ4v) is 1.72. The van der Waals surface area contributed by atoms with Gasteiger partial charge < -0.3 is 9.72 Å². The molecule has 2 rings (SSSR count). The van der Waals surface area contributed by atoms with E-state index in [0.717, 1.165) is 6.07 Å². The van der Waals surface area contributed by atoms with Crippen LogP contribution in [0.3, 0.4) is 0 Å². The molecule has 0 aliphatic rings. The predicted octanol–water partition coefficient (Wildman–Crippen LogP) is 3.54. The number of rotatable bonds is 4. The minimum Gasteiger partial charge on any atom is -0.463 e. The zero-order valence-corrected chi connectivity index (χ0v) is 10.8. The van der Waals surface area contributed by atoms with Crippen molar-refractivity contribution in [3.63, 3.8) is 0 Å². The molecule has 0 saturated carbocycles. The van der Waals surface area contributed by atoms with Gasteiger partial charge in [-0.1, -0.05) is 0 Å². The SMILES string of the molecule is CCOC(=O)/C=C/c1ccc(-c2ccc(F)cc2F)[nH]1. The minimum atomic E-state index is -0.646. The number of nitrogens with one attached hydrogen (secondary N) is 1. The van der Waals surface area contributed by atoms with E-state index in [9.17, 15) is 13.6 Å². The molecule has 1 aromatic heterocycles. The number of carbonyl (C=O) groups excluding carboxylic acids is 1. The molecule has 5 heteroatoms. The van der Waals surface area contributed by atoms with E-state index in [1.165, 1.54) is 24.3 Å². The van der Waals surface area contributed by atoms with Crippen molar-refractivity contribution in [2.75, 3.05) is 6.61 Å². The molecule has 0 amide bonds. The molecule has 0 spiro atoms. The Kier molecular flexibility index (Phi) is 4.30. The maximum Gasteiger partial charge on any atom is 0.330 e. The van der Waals surface area contributed by atoms with E-state index in [2.05, 4.69) is 4.98 Å². The second kappa shape index (κ2) is 6.14. The van der Waals surface area contributed by atoms with E-state index in [0.29, 0.717) is 18.0 Å². The van der Waals surface area contributed by atoms with Crippen molar-refractivity contribution < 1.29 is 18.3 Å². The molecule has 1 aromatic carbocycles. The number of aromatic nitrogens is 1. The van der Waals surface area contributed by atoms with E-state index < -0.39 is 17.6 Å². The van der Waals surface area contributed by atoms with Gasteiger partial charge in [0.05, 0.1) is 6.61 Å². The Labute approximate surface area is 114 Å². The molecule has 0 unspecified atom stereocenters. The lowest BCUT2D eigenvalue weighted by molar-refractivity contribution is -0.137. The highest BCUT2D eigenvalue weighted by molar-refractivity contribution is 5.86. The minimum absolute atomic E-state index is 0.266. The number of hydrogen-bond acceptors (Lipinski definition) is 2. The second-order valence-electron chi connectivity index (χ2n) is 4.04. The fourth-order valence-electron chi connectivity index (χ4n) is 1.72. The summed E-state index contributed by atoms with van der Waals surface area (Å²) in [5.41, 5.74) is 1.39. The van der Waals surface area contributed by atoms with Gasteiger partial charge in [-0.2, -0.15) is 0 Å². The zero-order valence-electron chi connectivity index (χ0n) is 10.8. The Morgan fingerprint density at radius 2 is 2.10 bits per heavy atom. The molecule has 2 aromatic rings. The highest BCUT2D eigenvalue weighted by Crippen LogP contribution is 2.23. The number of benzene rings is 1. The summed E-state index contributed by atoms with van der Waals surface area (Å²) in [4.78, 5) is 14.1. The van der Waals surface area contributed by atoms with Crippen LogP contribution in [-0.4, -0.2) is 17.6 Å². The Morgan fingerprint density at radius 1 is 1.30 bits per heavy atom. The number of halogens is 2. The van der Waals surface area contributed by atoms with Crippen molar-refractivity contribution in [2.24, 2.45) is 0 Å². The molecule has 0 aliphatic carbocycles. The van der Waals surface area contributed by atoms with Crippen molar-refractivity contribution in [3.05, 3.63) is 53.7 Å². The van der Waals surface area contributed by atoms with Crippen LogP contribution < -0.4 is 0 Å². The van der Waals surface area contributed by atoms with Gasteiger partial charge in [0.25, 0.3) is 0 Å². The van der Waals surface area contributed by atoms with Crippen molar-refractivity contribution in [3.8, 4) is 11.3 Å². The molecule has 20 heavy (non-hydrogen) atoms. The summed E-state index contributed by atoms with van der Waals surface area (Å²) < 4.78 is 31.2. The van der Waals surface area contributed by atoms with Crippen LogP contribution in [0.1, 0.15) is 12.6 Å². The first kappa shape index (κ1) is 14.0. The molecule has 0 fully saturated rings. The predicted molar refractivity (Wildman–Crippen MR) is 71.8 cm³/mol. The summed E-state index contributed by atoms with van der Waals surface area (Å²) >= 11 is 0. The molecule has 0 aliphatic heterocycles. The largest absolute Gasteiger partial charge is 0.463 e. The third-order valence-corrected chi connectivity index (χ3v) is 2.62. The number of ether oxygens (including phenoxy) is 1. The topological polar surface area (TPSA) is 42.1 Å². The quantitative estimate of drug-likeness (QED) is 0.686. The van der Waals surface area contributed by atoms with Crippen molar-refractivity contribution in [2.45, 2.75) is 6.92 Å². The van der Waals surface area contributed by atoms with Crippen LogP contribution in [0.25, 0.3) is 17.3 Å². The lowest BCUT2D eigenvalue weighted by atomic mass is 10.1. The number of carbonyl (C=O) groups is 1. The lowest BCUT2D eigenvalue weighted by Gasteiger charge is -2.00. The Hall–Kier alpha value is -2.43. The van der Waals surface area contributed by atoms with E-state index in [-0.39, 0.29) is 5.56 Å². The van der Waals surface area contributed by atoms with Crippen LogP contribution in [0.5, 0.6) is 0 Å². The monoisotopic (exact) mass is 277 g/mol. The molecule has 0 atom stereocenters. The molecule has 104 valence electrons.